The fourth-order valence-corrected chi connectivity index (χ4v) is 3.73. The summed E-state index contributed by atoms with van der Waals surface area (Å²) in [5.74, 6) is 1.05. The van der Waals surface area contributed by atoms with E-state index in [1.807, 2.05) is 60.4 Å². The van der Waals surface area contributed by atoms with Crippen molar-refractivity contribution in [3.63, 3.8) is 0 Å². The van der Waals surface area contributed by atoms with Gasteiger partial charge >= 0.3 is 0 Å². The summed E-state index contributed by atoms with van der Waals surface area (Å²) < 4.78 is 6.41. The maximum atomic E-state index is 12.9. The second-order valence-electron chi connectivity index (χ2n) is 6.49. The van der Waals surface area contributed by atoms with E-state index in [0.717, 1.165) is 28.4 Å². The quantitative estimate of drug-likeness (QED) is 0.621. The van der Waals surface area contributed by atoms with Crippen molar-refractivity contribution in [3.8, 4) is 11.4 Å². The number of halogens is 1. The van der Waals surface area contributed by atoms with Crippen LogP contribution in [0.15, 0.2) is 57.5 Å². The molecular formula is C20H18BrN3O2. The average Bonchev–Trinajstić information content (AvgIpc) is 3.30. The van der Waals surface area contributed by atoms with Crippen LogP contribution in [0.25, 0.3) is 11.4 Å². The number of carbonyl (C=O) groups is 1. The van der Waals surface area contributed by atoms with Gasteiger partial charge in [0, 0.05) is 22.1 Å². The molecular weight excluding hydrogens is 394 g/mol. The maximum Gasteiger partial charge on any atom is 0.254 e. The Kier molecular flexibility index (Phi) is 4.59. The molecule has 1 fully saturated rings. The Balaban J connectivity index is 1.60. The monoisotopic (exact) mass is 411 g/mol. The molecule has 2 aromatic carbocycles. The van der Waals surface area contributed by atoms with Gasteiger partial charge in [-0.05, 0) is 44.0 Å². The molecule has 2 heterocycles. The highest BCUT2D eigenvalue weighted by molar-refractivity contribution is 9.10. The molecule has 0 radical (unpaired) electrons. The van der Waals surface area contributed by atoms with E-state index >= 15 is 0 Å². The first-order valence-electron chi connectivity index (χ1n) is 8.59. The molecule has 26 heavy (non-hydrogen) atoms. The summed E-state index contributed by atoms with van der Waals surface area (Å²) in [6.45, 7) is 2.72. The molecule has 1 aliphatic heterocycles. The van der Waals surface area contributed by atoms with Crippen LogP contribution in [0.3, 0.4) is 0 Å². The molecule has 132 valence electrons. The van der Waals surface area contributed by atoms with Crippen molar-refractivity contribution in [1.29, 1.82) is 0 Å². The van der Waals surface area contributed by atoms with Crippen LogP contribution in [0, 0.1) is 6.92 Å². The first kappa shape index (κ1) is 17.0. The zero-order chi connectivity index (χ0) is 18.1. The minimum Gasteiger partial charge on any atom is -0.337 e. The molecule has 1 amide bonds. The van der Waals surface area contributed by atoms with E-state index in [9.17, 15) is 4.79 Å². The van der Waals surface area contributed by atoms with Gasteiger partial charge in [-0.25, -0.2) is 0 Å². The van der Waals surface area contributed by atoms with E-state index in [0.29, 0.717) is 23.8 Å². The zero-order valence-electron chi connectivity index (χ0n) is 14.4. The van der Waals surface area contributed by atoms with Crippen molar-refractivity contribution in [2.24, 2.45) is 0 Å². The number of benzene rings is 2. The van der Waals surface area contributed by atoms with Gasteiger partial charge < -0.3 is 9.42 Å². The number of hydrogen-bond acceptors (Lipinski definition) is 4. The van der Waals surface area contributed by atoms with Crippen LogP contribution < -0.4 is 0 Å². The van der Waals surface area contributed by atoms with Gasteiger partial charge in [-0.3, -0.25) is 4.79 Å². The van der Waals surface area contributed by atoms with Crippen molar-refractivity contribution in [3.05, 3.63) is 70.0 Å². The van der Waals surface area contributed by atoms with E-state index in [-0.39, 0.29) is 11.9 Å². The maximum absolute atomic E-state index is 12.9. The minimum absolute atomic E-state index is 0.0101. The van der Waals surface area contributed by atoms with Crippen molar-refractivity contribution in [1.82, 2.24) is 15.0 Å². The molecule has 1 unspecified atom stereocenters. The van der Waals surface area contributed by atoms with Crippen LogP contribution in [0.5, 0.6) is 0 Å². The lowest BCUT2D eigenvalue weighted by atomic mass is 10.1. The molecule has 1 aromatic heterocycles. The molecule has 4 rings (SSSR count). The third-order valence-corrected chi connectivity index (χ3v) is 5.08. The molecule has 6 heteroatoms. The van der Waals surface area contributed by atoms with Crippen LogP contribution in [0.1, 0.15) is 40.7 Å². The summed E-state index contributed by atoms with van der Waals surface area (Å²) in [4.78, 5) is 19.3. The lowest BCUT2D eigenvalue weighted by Crippen LogP contribution is -2.30. The Morgan fingerprint density at radius 3 is 2.88 bits per heavy atom. The molecule has 1 saturated heterocycles. The fraction of sp³-hybridized carbons (Fsp3) is 0.250. The molecule has 0 N–H and O–H groups in total. The highest BCUT2D eigenvalue weighted by Crippen LogP contribution is 2.33. The van der Waals surface area contributed by atoms with Crippen molar-refractivity contribution >= 4 is 21.8 Å². The van der Waals surface area contributed by atoms with Crippen molar-refractivity contribution in [2.75, 3.05) is 6.54 Å². The number of nitrogens with zero attached hydrogens (tertiary/aromatic N) is 3. The Morgan fingerprint density at radius 2 is 2.08 bits per heavy atom. The standard InChI is InChI=1S/C20H18BrN3O2/c1-13-5-2-6-14(11-13)18-22-19(26-23-18)17-9-4-10-24(17)20(25)15-7-3-8-16(21)12-15/h2-3,5-8,11-12,17H,4,9-10H2,1H3. The summed E-state index contributed by atoms with van der Waals surface area (Å²) >= 11 is 3.42. The van der Waals surface area contributed by atoms with Gasteiger partial charge in [-0.15, -0.1) is 0 Å². The average molecular weight is 412 g/mol. The van der Waals surface area contributed by atoms with Gasteiger partial charge in [0.25, 0.3) is 5.91 Å². The topological polar surface area (TPSA) is 59.2 Å². The Hall–Kier alpha value is -2.47. The Labute approximate surface area is 160 Å². The van der Waals surface area contributed by atoms with Crippen LogP contribution in [0.2, 0.25) is 0 Å². The smallest absolute Gasteiger partial charge is 0.254 e. The molecule has 3 aromatic rings. The lowest BCUT2D eigenvalue weighted by molar-refractivity contribution is 0.0710. The minimum atomic E-state index is -0.174. The van der Waals surface area contributed by atoms with Gasteiger partial charge in [0.15, 0.2) is 0 Å². The van der Waals surface area contributed by atoms with E-state index in [4.69, 9.17) is 4.52 Å². The Bertz CT molecular complexity index is 953. The van der Waals surface area contributed by atoms with Crippen molar-refractivity contribution < 1.29 is 9.32 Å². The third kappa shape index (κ3) is 3.29. The predicted molar refractivity (Wildman–Crippen MR) is 102 cm³/mol. The number of carbonyl (C=O) groups excluding carboxylic acids is 1. The highest BCUT2D eigenvalue weighted by Gasteiger charge is 2.34. The third-order valence-electron chi connectivity index (χ3n) is 4.59. The molecule has 5 nitrogen and oxygen atoms in total. The largest absolute Gasteiger partial charge is 0.337 e. The fourth-order valence-electron chi connectivity index (χ4n) is 3.33. The first-order chi connectivity index (χ1) is 12.6. The number of amides is 1. The summed E-state index contributed by atoms with van der Waals surface area (Å²) in [6, 6.07) is 15.2. The van der Waals surface area contributed by atoms with E-state index in [1.54, 1.807) is 0 Å². The van der Waals surface area contributed by atoms with Crippen LogP contribution in [-0.2, 0) is 0 Å². The zero-order valence-corrected chi connectivity index (χ0v) is 15.9. The van der Waals surface area contributed by atoms with Gasteiger partial charge in [0.2, 0.25) is 11.7 Å². The van der Waals surface area contributed by atoms with Crippen LogP contribution in [-0.4, -0.2) is 27.5 Å². The molecule has 1 atom stereocenters. The Morgan fingerprint density at radius 1 is 1.23 bits per heavy atom. The molecule has 0 spiro atoms. The summed E-state index contributed by atoms with van der Waals surface area (Å²) in [5.41, 5.74) is 2.72. The first-order valence-corrected chi connectivity index (χ1v) is 9.38. The number of hydrogen-bond donors (Lipinski definition) is 0. The van der Waals surface area contributed by atoms with Crippen LogP contribution in [0.4, 0.5) is 0 Å². The second-order valence-corrected chi connectivity index (χ2v) is 7.41. The van der Waals surface area contributed by atoms with Gasteiger partial charge in [0.1, 0.15) is 6.04 Å². The summed E-state index contributed by atoms with van der Waals surface area (Å²) in [5, 5.41) is 4.12. The lowest BCUT2D eigenvalue weighted by Gasteiger charge is -2.22. The highest BCUT2D eigenvalue weighted by atomic mass is 79.9. The number of aryl methyl sites for hydroxylation is 1. The number of likely N-dealkylation sites (tertiary alicyclic amines) is 1. The van der Waals surface area contributed by atoms with E-state index in [2.05, 4.69) is 26.1 Å². The van der Waals surface area contributed by atoms with E-state index in [1.165, 1.54) is 0 Å². The number of rotatable bonds is 3. The van der Waals surface area contributed by atoms with Gasteiger partial charge in [-0.1, -0.05) is 50.9 Å². The van der Waals surface area contributed by atoms with Gasteiger partial charge in [0.05, 0.1) is 0 Å². The SMILES string of the molecule is Cc1cccc(-c2noc(C3CCCN3C(=O)c3cccc(Br)c3)n2)c1. The second kappa shape index (κ2) is 7.03. The normalized spacial score (nSPS) is 16.8. The molecule has 0 aliphatic carbocycles. The molecule has 1 aliphatic rings. The molecule has 0 saturated carbocycles. The molecule has 0 bridgehead atoms. The summed E-state index contributed by atoms with van der Waals surface area (Å²) in [7, 11) is 0. The van der Waals surface area contributed by atoms with Gasteiger partial charge in [-0.2, -0.15) is 4.98 Å². The van der Waals surface area contributed by atoms with Crippen LogP contribution >= 0.6 is 15.9 Å². The van der Waals surface area contributed by atoms with Crippen molar-refractivity contribution in [2.45, 2.75) is 25.8 Å². The summed E-state index contributed by atoms with van der Waals surface area (Å²) in [6.07, 6.45) is 1.75. The van der Waals surface area contributed by atoms with E-state index < -0.39 is 0 Å². The number of aromatic nitrogens is 2. The predicted octanol–water partition coefficient (Wildman–Crippen LogP) is 4.78.